The number of carboxylic acid groups (broad SMARTS) is 1. The van der Waals surface area contributed by atoms with Gasteiger partial charge in [-0.05, 0) is 30.3 Å². The summed E-state index contributed by atoms with van der Waals surface area (Å²) in [5, 5.41) is 150. The number of hydrogen-bond acceptors (Lipinski definition) is 30. The van der Waals surface area contributed by atoms with E-state index in [-0.39, 0.29) is 0 Å². The molecule has 79 heavy (non-hydrogen) atoms. The lowest BCUT2D eigenvalue weighted by atomic mass is 9.76. The number of aliphatic carboxylic acids is 1. The number of aliphatic hydroxyl groups is 1. The largest absolute Gasteiger partial charge is 0.504 e. The highest BCUT2D eigenvalue weighted by Crippen LogP contribution is 2.59. The van der Waals surface area contributed by atoms with Crippen LogP contribution in [0.1, 0.15) is 69.7 Å². The van der Waals surface area contributed by atoms with Crippen molar-refractivity contribution in [2.24, 2.45) is 5.92 Å². The van der Waals surface area contributed by atoms with E-state index >= 15 is 4.79 Å². The average molecular weight is 1100 g/mol. The van der Waals surface area contributed by atoms with Crippen LogP contribution in [0.4, 0.5) is 0 Å². The lowest BCUT2D eigenvalue weighted by molar-refractivity contribution is -0.287. The van der Waals surface area contributed by atoms with E-state index in [1.165, 1.54) is 0 Å². The molecule has 1 fully saturated rings. The van der Waals surface area contributed by atoms with Gasteiger partial charge in [-0.15, -0.1) is 0 Å². The van der Waals surface area contributed by atoms with Crippen molar-refractivity contribution in [1.82, 2.24) is 0 Å². The van der Waals surface area contributed by atoms with E-state index in [0.29, 0.717) is 36.4 Å². The van der Waals surface area contributed by atoms with Gasteiger partial charge in [0.25, 0.3) is 0 Å². The zero-order chi connectivity index (χ0) is 57.1. The quantitative estimate of drug-likeness (QED) is 0.0517. The number of fused-ring (bicyclic) bond motifs is 6. The molecule has 0 radical (unpaired) electrons. The molecule has 0 spiro atoms. The number of carboxylic acids is 1. The topological polar surface area (TPSA) is 503 Å². The van der Waals surface area contributed by atoms with E-state index in [0.717, 1.165) is 0 Å². The smallest absolute Gasteiger partial charge is 0.347 e. The summed E-state index contributed by atoms with van der Waals surface area (Å²) in [6, 6.07) is 2.77. The summed E-state index contributed by atoms with van der Waals surface area (Å²) in [4.78, 5) is 113. The molecule has 5 aliphatic rings. The monoisotopic (exact) mass is 1100 g/mol. The number of hydrogen-bond donors (Lipinski definition) is 14. The van der Waals surface area contributed by atoms with Gasteiger partial charge in [0.1, 0.15) is 18.3 Å². The number of phenols is 12. The third kappa shape index (κ3) is 8.23. The second kappa shape index (κ2) is 18.5. The predicted molar refractivity (Wildman–Crippen MR) is 239 cm³/mol. The normalized spacial score (nSPS) is 23.1. The molecule has 1 saturated heterocycles. The van der Waals surface area contributed by atoms with Gasteiger partial charge in [0.2, 0.25) is 41.1 Å². The van der Waals surface area contributed by atoms with Gasteiger partial charge in [-0.1, -0.05) is 0 Å². The SMILES string of the molecule is O=C(O)C[C@@H]1C(=O)O[C@H]2[C@H]3OC(=O)c4cc(O)c5c(c4-c4c(cc(O)c(O)c4O)C(=O)OC[C@H]2O[C@@H](OC(=O)c2cc(O)c(O)c(O)c2)[C@@H]3OC(=O)c2cc(O)c(O)c3c2[C@@H]1[C@H](O)C(=O)O3)OC(=O)c1cc(O)c(O)c(O)c1O5. The molecule has 410 valence electrons. The van der Waals surface area contributed by atoms with Crippen molar-refractivity contribution in [2.75, 3.05) is 6.61 Å². The Morgan fingerprint density at radius 2 is 1.08 bits per heavy atom. The summed E-state index contributed by atoms with van der Waals surface area (Å²) in [7, 11) is 0. The zero-order valence-electron chi connectivity index (χ0n) is 38.7. The number of carbonyl (C=O) groups excluding carboxylic acids is 7. The molecule has 0 saturated carbocycles. The maximum absolute atomic E-state index is 15.3. The third-order valence-corrected chi connectivity index (χ3v) is 13.0. The van der Waals surface area contributed by atoms with Crippen LogP contribution >= 0.6 is 0 Å². The van der Waals surface area contributed by atoms with Gasteiger partial charge in [0, 0.05) is 28.7 Å². The molecule has 5 heterocycles. The first-order chi connectivity index (χ1) is 37.3. The fraction of sp³-hybridized carbons (Fsp3) is 0.208. The number of cyclic esters (lactones) is 1. The Morgan fingerprint density at radius 1 is 0.506 bits per heavy atom. The van der Waals surface area contributed by atoms with E-state index < -0.39 is 246 Å². The van der Waals surface area contributed by atoms with Gasteiger partial charge >= 0.3 is 47.8 Å². The first kappa shape index (κ1) is 51.7. The molecule has 5 aromatic carbocycles. The lowest BCUT2D eigenvalue weighted by Gasteiger charge is -2.44. The van der Waals surface area contributed by atoms with Crippen LogP contribution in [-0.2, 0) is 42.8 Å². The number of ether oxygens (including phenoxy) is 9. The molecule has 10 rings (SSSR count). The molecule has 0 unspecified atom stereocenters. The first-order valence-electron chi connectivity index (χ1n) is 22.2. The second-order valence-corrected chi connectivity index (χ2v) is 17.6. The molecular weight excluding hydrogens is 1070 g/mol. The van der Waals surface area contributed by atoms with Crippen LogP contribution in [0.15, 0.2) is 36.4 Å². The molecule has 0 aliphatic carbocycles. The van der Waals surface area contributed by atoms with E-state index in [2.05, 4.69) is 0 Å². The highest BCUT2D eigenvalue weighted by atomic mass is 16.7. The third-order valence-electron chi connectivity index (χ3n) is 13.0. The lowest BCUT2D eigenvalue weighted by Crippen LogP contribution is -2.63. The van der Waals surface area contributed by atoms with Crippen molar-refractivity contribution in [2.45, 2.75) is 49.1 Å². The number of aliphatic hydroxyl groups excluding tert-OH is 1. The standard InChI is InChI=1S/C48H32O31/c49-15-1-9(2-16(50)27(15)57)41(64)79-48-40-39-36(74-45(68)13(7-22(55)56)24-25-11(44(67)78-40)4-19(53)30(60)37(25)75-47(70)32(24)62)21(72-48)8-71-42(65)10-3-17(51)28(58)31(61)23(10)26-12(43(66)77-39)5-20(54)35-38(26)76-46(69)14-6-18(52)29(59)33(63)34(14)73-35/h1-6,13,21,24,32,36,39-40,48-54,57-63H,7-8H2,(H,55,56)/t13-,21+,24+,32-,36+,39+,40+,48-/m0/s1. The zero-order valence-corrected chi connectivity index (χ0v) is 38.7. The van der Waals surface area contributed by atoms with Gasteiger partial charge < -0.3 is 114 Å². The maximum atomic E-state index is 15.3. The molecule has 31 heteroatoms. The van der Waals surface area contributed by atoms with E-state index in [1.54, 1.807) is 0 Å². The van der Waals surface area contributed by atoms with Crippen molar-refractivity contribution in [3.05, 3.63) is 69.8 Å². The van der Waals surface area contributed by atoms with Crippen molar-refractivity contribution in [1.29, 1.82) is 0 Å². The van der Waals surface area contributed by atoms with Crippen LogP contribution in [0.5, 0.6) is 92.0 Å². The highest BCUT2D eigenvalue weighted by molar-refractivity contribution is 6.10. The number of rotatable bonds is 4. The van der Waals surface area contributed by atoms with E-state index in [4.69, 9.17) is 42.6 Å². The minimum Gasteiger partial charge on any atom is -0.504 e. The predicted octanol–water partition coefficient (Wildman–Crippen LogP) is 1.03. The van der Waals surface area contributed by atoms with Crippen LogP contribution < -0.4 is 14.2 Å². The van der Waals surface area contributed by atoms with Crippen molar-refractivity contribution >= 4 is 47.8 Å². The Morgan fingerprint density at radius 3 is 1.75 bits per heavy atom. The highest BCUT2D eigenvalue weighted by Gasteiger charge is 2.58. The molecule has 0 amide bonds. The number of carbonyl (C=O) groups is 8. The number of benzene rings is 5. The van der Waals surface area contributed by atoms with Crippen molar-refractivity contribution in [3.8, 4) is 103 Å². The minimum atomic E-state index is -2.68. The number of phenolic OH excluding ortho intramolecular Hbond substituents is 12. The molecular formula is C48H32O31. The van der Waals surface area contributed by atoms with Crippen LogP contribution in [0, 0.1) is 5.92 Å². The van der Waals surface area contributed by atoms with Gasteiger partial charge in [-0.3, -0.25) is 9.59 Å². The summed E-state index contributed by atoms with van der Waals surface area (Å²) in [5.41, 5.74) is -8.37. The van der Waals surface area contributed by atoms with Crippen LogP contribution in [0.2, 0.25) is 0 Å². The van der Waals surface area contributed by atoms with Crippen LogP contribution in [0.25, 0.3) is 11.1 Å². The Bertz CT molecular complexity index is 3590. The van der Waals surface area contributed by atoms with Gasteiger partial charge in [0.15, 0.2) is 81.6 Å². The molecule has 14 N–H and O–H groups in total. The van der Waals surface area contributed by atoms with E-state index in [9.17, 15) is 105 Å². The Labute approximate surface area is 434 Å². The van der Waals surface area contributed by atoms with Crippen LogP contribution in [0.3, 0.4) is 0 Å². The van der Waals surface area contributed by atoms with Gasteiger partial charge in [-0.25, -0.2) is 28.8 Å². The Hall–Kier alpha value is -10.8. The fourth-order valence-electron chi connectivity index (χ4n) is 9.34. The molecule has 8 atom stereocenters. The van der Waals surface area contributed by atoms with Crippen molar-refractivity contribution < 1.29 is 152 Å². The molecule has 4 bridgehead atoms. The number of aromatic hydroxyl groups is 12. The first-order valence-corrected chi connectivity index (χ1v) is 22.2. The number of esters is 7. The second-order valence-electron chi connectivity index (χ2n) is 17.6. The van der Waals surface area contributed by atoms with Crippen LogP contribution in [-0.4, -0.2) is 163 Å². The summed E-state index contributed by atoms with van der Waals surface area (Å²) in [6.07, 6.45) is -16.9. The summed E-state index contributed by atoms with van der Waals surface area (Å²) < 4.78 is 50.6. The summed E-state index contributed by atoms with van der Waals surface area (Å²) >= 11 is 0. The summed E-state index contributed by atoms with van der Waals surface area (Å²) in [6.45, 7) is -1.39. The molecule has 31 nitrogen and oxygen atoms in total. The maximum Gasteiger partial charge on any atom is 0.347 e. The Balaban J connectivity index is 1.23. The summed E-state index contributed by atoms with van der Waals surface area (Å²) in [5.74, 6) is -38.9. The molecule has 0 aromatic heterocycles. The molecule has 5 aromatic rings. The fourth-order valence-corrected chi connectivity index (χ4v) is 9.34. The van der Waals surface area contributed by atoms with E-state index in [1.807, 2.05) is 0 Å². The van der Waals surface area contributed by atoms with Crippen molar-refractivity contribution in [3.63, 3.8) is 0 Å². The average Bonchev–Trinajstić information content (AvgIpc) is 3.85. The Kier molecular flexibility index (Phi) is 12.1. The minimum absolute atomic E-state index is 0.375. The van der Waals surface area contributed by atoms with Gasteiger partial charge in [0.05, 0.1) is 34.6 Å². The van der Waals surface area contributed by atoms with Gasteiger partial charge in [-0.2, -0.15) is 0 Å². The molecule has 5 aliphatic heterocycles.